The summed E-state index contributed by atoms with van der Waals surface area (Å²) in [6.45, 7) is 8.34. The van der Waals surface area contributed by atoms with E-state index in [1.54, 1.807) is 6.92 Å². The van der Waals surface area contributed by atoms with Crippen LogP contribution in [0.2, 0.25) is 0 Å². The highest BCUT2D eigenvalue weighted by Gasteiger charge is 2.01. The maximum Gasteiger partial charge on any atom is 0.243 e. The summed E-state index contributed by atoms with van der Waals surface area (Å²) in [4.78, 5) is 9.82. The van der Waals surface area contributed by atoms with Gasteiger partial charge in [-0.3, -0.25) is 4.79 Å². The summed E-state index contributed by atoms with van der Waals surface area (Å²) >= 11 is 0. The normalized spacial score (nSPS) is 9.21. The number of carbonyl (C=O) groups is 1. The van der Waals surface area contributed by atoms with Crippen molar-refractivity contribution in [1.29, 1.82) is 0 Å². The van der Waals surface area contributed by atoms with Crippen LogP contribution in [-0.4, -0.2) is 38.1 Å². The molecule has 3 nitrogen and oxygen atoms in total. The molecule has 0 spiro atoms. The fourth-order valence-electron chi connectivity index (χ4n) is 0.671. The maximum absolute atomic E-state index is 9.82. The zero-order chi connectivity index (χ0) is 11.1. The Morgan fingerprint density at radius 2 is 1.64 bits per heavy atom. The Labute approximate surface area is 98.3 Å². The molecule has 0 heterocycles. The van der Waals surface area contributed by atoms with Gasteiger partial charge >= 0.3 is 0 Å². The van der Waals surface area contributed by atoms with Gasteiger partial charge in [-0.25, -0.2) is 0 Å². The maximum atomic E-state index is 9.82. The predicted octanol–water partition coefficient (Wildman–Crippen LogP) is -1.85. The Hall–Kier alpha value is -0.350. The van der Waals surface area contributed by atoms with Gasteiger partial charge in [0.25, 0.3) is 0 Å². The molecule has 0 aliphatic heterocycles. The monoisotopic (exact) mass is 266 g/mol. The van der Waals surface area contributed by atoms with Crippen LogP contribution in [0.5, 0.6) is 0 Å². The molecule has 0 aliphatic rings. The van der Waals surface area contributed by atoms with E-state index in [4.69, 9.17) is 5.73 Å². The number of hydrogen-bond donors (Lipinski definition) is 1. The van der Waals surface area contributed by atoms with E-state index in [1.165, 1.54) is 13.0 Å². The number of carbonyl (C=O) groups excluding carboxylic acids is 1. The van der Waals surface area contributed by atoms with Gasteiger partial charge in [0.05, 0.1) is 27.7 Å². The number of rotatable bonds is 3. The number of halogens is 1. The molecule has 86 valence electrons. The highest BCUT2D eigenvalue weighted by atomic mass is 79.9. The highest BCUT2D eigenvalue weighted by molar-refractivity contribution is 5.90. The first kappa shape index (κ1) is 19.3. The lowest BCUT2D eigenvalue weighted by molar-refractivity contribution is -0.870. The molecule has 0 aromatic carbocycles. The summed E-state index contributed by atoms with van der Waals surface area (Å²) in [5.41, 5.74) is 5.09. The number of quaternary nitrogens is 1. The summed E-state index contributed by atoms with van der Waals surface area (Å²) in [6.07, 6.45) is 1.28. The lowest BCUT2D eigenvalue weighted by Gasteiger charge is -2.22. The molecule has 1 amide bonds. The average molecular weight is 267 g/mol. The highest BCUT2D eigenvalue weighted by Crippen LogP contribution is 1.90. The number of nitrogens with two attached hydrogens (primary N) is 1. The van der Waals surface area contributed by atoms with Crippen molar-refractivity contribution >= 4 is 5.91 Å². The predicted molar refractivity (Wildman–Crippen MR) is 57.2 cm³/mol. The summed E-state index contributed by atoms with van der Waals surface area (Å²) in [6, 6.07) is 0. The van der Waals surface area contributed by atoms with Crippen LogP contribution < -0.4 is 22.7 Å². The van der Waals surface area contributed by atoms with Gasteiger partial charge in [0, 0.05) is 5.57 Å². The molecule has 4 heteroatoms. The van der Waals surface area contributed by atoms with Crippen molar-refractivity contribution in [3.8, 4) is 0 Å². The van der Waals surface area contributed by atoms with Gasteiger partial charge in [-0.1, -0.05) is 13.5 Å². The summed E-state index contributed by atoms with van der Waals surface area (Å²) in [5, 5.41) is 0. The van der Waals surface area contributed by atoms with Gasteiger partial charge in [0.15, 0.2) is 0 Å². The Morgan fingerprint density at radius 3 is 1.64 bits per heavy atom. The molecule has 0 fully saturated rings. The van der Waals surface area contributed by atoms with Crippen LogP contribution in [0.25, 0.3) is 0 Å². The fraction of sp³-hybridized carbons (Fsp3) is 0.700. The van der Waals surface area contributed by atoms with E-state index in [0.29, 0.717) is 5.57 Å². The number of amides is 1. The molecule has 0 bridgehead atoms. The molecule has 0 unspecified atom stereocenters. The van der Waals surface area contributed by atoms with Crippen molar-refractivity contribution in [3.63, 3.8) is 0 Å². The molecule has 0 rings (SSSR count). The second-order valence-corrected chi connectivity index (χ2v) is 4.16. The average Bonchev–Trinajstić information content (AvgIpc) is 1.85. The van der Waals surface area contributed by atoms with Crippen LogP contribution in [0.4, 0.5) is 0 Å². The number of hydrogen-bond acceptors (Lipinski definition) is 1. The van der Waals surface area contributed by atoms with Gasteiger partial charge in [-0.15, -0.1) is 0 Å². The minimum Gasteiger partial charge on any atom is -1.00 e. The van der Waals surface area contributed by atoms with Crippen LogP contribution in [0, 0.1) is 0 Å². The van der Waals surface area contributed by atoms with Crippen LogP contribution in [0.1, 0.15) is 20.3 Å². The molecule has 0 radical (unpaired) electrons. The minimum atomic E-state index is -0.435. The van der Waals surface area contributed by atoms with Crippen LogP contribution in [0.15, 0.2) is 12.2 Å². The van der Waals surface area contributed by atoms with Gasteiger partial charge < -0.3 is 27.2 Å². The number of nitrogens with zero attached hydrogens (tertiary/aromatic N) is 1. The van der Waals surface area contributed by atoms with Crippen molar-refractivity contribution < 1.29 is 26.3 Å². The van der Waals surface area contributed by atoms with Gasteiger partial charge in [0.1, 0.15) is 0 Å². The third kappa shape index (κ3) is 22.6. The first-order valence-corrected chi connectivity index (χ1v) is 4.46. The smallest absolute Gasteiger partial charge is 0.243 e. The largest absolute Gasteiger partial charge is 1.00 e. The van der Waals surface area contributed by atoms with E-state index in [2.05, 4.69) is 34.6 Å². The summed E-state index contributed by atoms with van der Waals surface area (Å²) in [7, 11) is 6.64. The van der Waals surface area contributed by atoms with Crippen molar-refractivity contribution in [1.82, 2.24) is 0 Å². The van der Waals surface area contributed by atoms with Crippen LogP contribution in [-0.2, 0) is 4.79 Å². The van der Waals surface area contributed by atoms with Crippen molar-refractivity contribution in [3.05, 3.63) is 12.2 Å². The van der Waals surface area contributed by atoms with E-state index in [0.717, 1.165) is 4.48 Å². The molecule has 0 aromatic rings. The first-order valence-electron chi connectivity index (χ1n) is 4.46. The SMILES string of the molecule is C=C(C)C(N)=O.CCC[N+](C)(C)C.[Br-]. The van der Waals surface area contributed by atoms with E-state index in [1.807, 2.05) is 0 Å². The molecular weight excluding hydrogens is 244 g/mol. The first-order chi connectivity index (χ1) is 5.70. The third-order valence-electron chi connectivity index (χ3n) is 1.32. The Bertz CT molecular complexity index is 161. The zero-order valence-corrected chi connectivity index (χ0v) is 11.5. The Morgan fingerprint density at radius 1 is 1.36 bits per heavy atom. The molecular formula is C10H23BrN2O. The van der Waals surface area contributed by atoms with Crippen LogP contribution >= 0.6 is 0 Å². The Balaban J connectivity index is -0.000000163. The van der Waals surface area contributed by atoms with E-state index < -0.39 is 5.91 Å². The second kappa shape index (κ2) is 9.21. The lowest BCUT2D eigenvalue weighted by atomic mass is 10.3. The molecule has 0 aromatic heterocycles. The molecule has 0 saturated heterocycles. The standard InChI is InChI=1S/C6H16N.C4H7NO.BrH/c1-5-6-7(2,3)4;1-3(2)4(5)6;/h5-6H2,1-4H3;1H2,2H3,(H2,5,6);1H/q+1;;/p-1. The van der Waals surface area contributed by atoms with Gasteiger partial charge in [-0.05, 0) is 13.3 Å². The van der Waals surface area contributed by atoms with Crippen molar-refractivity contribution in [2.75, 3.05) is 27.7 Å². The van der Waals surface area contributed by atoms with Gasteiger partial charge in [-0.2, -0.15) is 0 Å². The molecule has 0 aliphatic carbocycles. The second-order valence-electron chi connectivity index (χ2n) is 4.16. The fourth-order valence-corrected chi connectivity index (χ4v) is 0.671. The number of primary amides is 1. The van der Waals surface area contributed by atoms with Crippen molar-refractivity contribution in [2.45, 2.75) is 20.3 Å². The lowest BCUT2D eigenvalue weighted by Crippen LogP contribution is -3.00. The zero-order valence-electron chi connectivity index (χ0n) is 9.93. The van der Waals surface area contributed by atoms with Crippen molar-refractivity contribution in [2.24, 2.45) is 5.73 Å². The van der Waals surface area contributed by atoms with E-state index in [9.17, 15) is 4.79 Å². The minimum absolute atomic E-state index is 0. The quantitative estimate of drug-likeness (QED) is 0.474. The van der Waals surface area contributed by atoms with Gasteiger partial charge in [0.2, 0.25) is 5.91 Å². The topological polar surface area (TPSA) is 43.1 Å². The third-order valence-corrected chi connectivity index (χ3v) is 1.32. The summed E-state index contributed by atoms with van der Waals surface area (Å²) in [5.74, 6) is -0.435. The van der Waals surface area contributed by atoms with Crippen LogP contribution in [0.3, 0.4) is 0 Å². The molecule has 14 heavy (non-hydrogen) atoms. The molecule has 0 saturated carbocycles. The Kier molecular flexibility index (Phi) is 12.7. The molecule has 2 N–H and O–H groups in total. The molecule has 0 atom stereocenters. The summed E-state index contributed by atoms with van der Waals surface area (Å²) < 4.78 is 1.09. The van der Waals surface area contributed by atoms with E-state index in [-0.39, 0.29) is 17.0 Å². The van der Waals surface area contributed by atoms with E-state index >= 15 is 0 Å².